The summed E-state index contributed by atoms with van der Waals surface area (Å²) in [5.41, 5.74) is 0. The van der Waals surface area contributed by atoms with E-state index < -0.39 is 21.8 Å². The molecule has 0 fully saturated rings. The number of aromatic amines is 1. The lowest BCUT2D eigenvalue weighted by Crippen LogP contribution is -2.27. The Morgan fingerprint density at radius 2 is 2.09 bits per heavy atom. The molecular weight excluding hydrogens is 340 g/mol. The van der Waals surface area contributed by atoms with Crippen LogP contribution >= 0.6 is 11.6 Å². The lowest BCUT2D eigenvalue weighted by atomic mass is 10.1. The standard InChI is InChI=1S/C14H19ClN4O3S/c1-4-8(2)13-16-14(18-17-13)9(3)19-23(21,22)11-7-5-6-10(15)12(11)20/h5-9,19-20H,4H2,1-3H3,(H,16,17,18). The number of phenols is 1. The number of nitrogens with zero attached hydrogens (tertiary/aromatic N) is 2. The SMILES string of the molecule is CCC(C)c1n[nH]c(C(C)NS(=O)(=O)c2cccc(Cl)c2O)n1. The van der Waals surface area contributed by atoms with Crippen molar-refractivity contribution in [3.05, 3.63) is 34.9 Å². The van der Waals surface area contributed by atoms with Crippen molar-refractivity contribution in [2.24, 2.45) is 0 Å². The molecule has 0 radical (unpaired) electrons. The third kappa shape index (κ3) is 3.82. The number of H-pyrrole nitrogens is 1. The van der Waals surface area contributed by atoms with Crippen molar-refractivity contribution >= 4 is 21.6 Å². The minimum Gasteiger partial charge on any atom is -0.505 e. The molecule has 2 aromatic rings. The quantitative estimate of drug-likeness (QED) is 0.735. The topological polar surface area (TPSA) is 108 Å². The summed E-state index contributed by atoms with van der Waals surface area (Å²) in [5.74, 6) is 0.747. The van der Waals surface area contributed by atoms with Gasteiger partial charge in [0.25, 0.3) is 0 Å². The monoisotopic (exact) mass is 358 g/mol. The molecule has 23 heavy (non-hydrogen) atoms. The van der Waals surface area contributed by atoms with Crippen LogP contribution in [0.25, 0.3) is 0 Å². The van der Waals surface area contributed by atoms with E-state index >= 15 is 0 Å². The number of hydrogen-bond donors (Lipinski definition) is 3. The predicted octanol–water partition coefficient (Wildman–Crippen LogP) is 2.72. The van der Waals surface area contributed by atoms with E-state index in [1.54, 1.807) is 6.92 Å². The molecule has 3 N–H and O–H groups in total. The first-order valence-corrected chi connectivity index (χ1v) is 9.04. The summed E-state index contributed by atoms with van der Waals surface area (Å²) >= 11 is 5.76. The van der Waals surface area contributed by atoms with Crippen LogP contribution in [-0.4, -0.2) is 28.7 Å². The smallest absolute Gasteiger partial charge is 0.244 e. The molecule has 0 amide bonds. The Hall–Kier alpha value is -1.64. The summed E-state index contributed by atoms with van der Waals surface area (Å²) in [4.78, 5) is 4.04. The fraction of sp³-hybridized carbons (Fsp3) is 0.429. The highest BCUT2D eigenvalue weighted by molar-refractivity contribution is 7.89. The van der Waals surface area contributed by atoms with Gasteiger partial charge in [-0.05, 0) is 25.5 Å². The molecule has 0 saturated carbocycles. The van der Waals surface area contributed by atoms with Gasteiger partial charge >= 0.3 is 0 Å². The first-order valence-electron chi connectivity index (χ1n) is 7.18. The normalized spacial score (nSPS) is 14.6. The van der Waals surface area contributed by atoms with E-state index in [1.165, 1.54) is 18.2 Å². The fourth-order valence-corrected chi connectivity index (χ4v) is 3.51. The summed E-state index contributed by atoms with van der Waals surface area (Å²) in [7, 11) is -3.95. The number of aromatic nitrogens is 3. The maximum absolute atomic E-state index is 12.4. The van der Waals surface area contributed by atoms with Gasteiger partial charge in [0.2, 0.25) is 10.0 Å². The Labute approximate surface area is 140 Å². The molecule has 0 aliphatic heterocycles. The van der Waals surface area contributed by atoms with Crippen LogP contribution in [0.1, 0.15) is 50.8 Å². The van der Waals surface area contributed by atoms with Gasteiger partial charge in [-0.15, -0.1) is 0 Å². The largest absolute Gasteiger partial charge is 0.505 e. The van der Waals surface area contributed by atoms with Crippen LogP contribution in [0, 0.1) is 0 Å². The molecular formula is C14H19ClN4O3S. The van der Waals surface area contributed by atoms with Crippen LogP contribution in [-0.2, 0) is 10.0 Å². The maximum atomic E-state index is 12.4. The van der Waals surface area contributed by atoms with Gasteiger partial charge in [-0.3, -0.25) is 5.10 Å². The van der Waals surface area contributed by atoms with Gasteiger partial charge in [-0.1, -0.05) is 31.5 Å². The number of aromatic hydroxyl groups is 1. The number of benzene rings is 1. The number of nitrogens with one attached hydrogen (secondary N) is 2. The number of hydrogen-bond acceptors (Lipinski definition) is 5. The minimum atomic E-state index is -3.95. The van der Waals surface area contributed by atoms with Gasteiger partial charge in [0.15, 0.2) is 11.6 Å². The van der Waals surface area contributed by atoms with Gasteiger partial charge < -0.3 is 5.11 Å². The number of sulfonamides is 1. The van der Waals surface area contributed by atoms with E-state index in [0.29, 0.717) is 11.6 Å². The predicted molar refractivity (Wildman–Crippen MR) is 86.9 cm³/mol. The van der Waals surface area contributed by atoms with Gasteiger partial charge in [-0.2, -0.15) is 5.10 Å². The Bertz CT molecular complexity index is 791. The summed E-state index contributed by atoms with van der Waals surface area (Å²) in [6, 6.07) is 3.51. The molecule has 0 spiro atoms. The third-order valence-corrected chi connectivity index (χ3v) is 5.43. The minimum absolute atomic E-state index is 0.0285. The zero-order valence-electron chi connectivity index (χ0n) is 13.0. The maximum Gasteiger partial charge on any atom is 0.244 e. The molecule has 0 bridgehead atoms. The molecule has 2 rings (SSSR count). The average Bonchev–Trinajstić information content (AvgIpc) is 2.98. The average molecular weight is 359 g/mol. The van der Waals surface area contributed by atoms with Gasteiger partial charge in [0.1, 0.15) is 10.7 Å². The highest BCUT2D eigenvalue weighted by Gasteiger charge is 2.24. The van der Waals surface area contributed by atoms with Gasteiger partial charge in [0.05, 0.1) is 11.1 Å². The van der Waals surface area contributed by atoms with Crippen LogP contribution in [0.2, 0.25) is 5.02 Å². The number of phenolic OH excluding ortho intramolecular Hbond substituents is 1. The van der Waals surface area contributed by atoms with Crippen LogP contribution in [0.4, 0.5) is 0 Å². The van der Waals surface area contributed by atoms with E-state index in [0.717, 1.165) is 6.42 Å². The first-order chi connectivity index (χ1) is 10.8. The molecule has 0 aliphatic rings. The van der Waals surface area contributed by atoms with E-state index in [2.05, 4.69) is 19.9 Å². The number of para-hydroxylation sites is 1. The van der Waals surface area contributed by atoms with Gasteiger partial charge in [0, 0.05) is 5.92 Å². The van der Waals surface area contributed by atoms with Crippen molar-refractivity contribution in [1.29, 1.82) is 0 Å². The number of rotatable bonds is 6. The van der Waals surface area contributed by atoms with Gasteiger partial charge in [-0.25, -0.2) is 18.1 Å². The van der Waals surface area contributed by atoms with Crippen LogP contribution < -0.4 is 4.72 Å². The zero-order valence-corrected chi connectivity index (χ0v) is 14.6. The third-order valence-electron chi connectivity index (χ3n) is 3.55. The molecule has 0 saturated heterocycles. The second kappa shape index (κ2) is 6.86. The molecule has 1 heterocycles. The summed E-state index contributed by atoms with van der Waals surface area (Å²) < 4.78 is 27.2. The molecule has 7 nitrogen and oxygen atoms in total. The Morgan fingerprint density at radius 1 is 1.39 bits per heavy atom. The Balaban J connectivity index is 2.23. The van der Waals surface area contributed by atoms with Crippen molar-refractivity contribution in [2.45, 2.75) is 44.0 Å². The van der Waals surface area contributed by atoms with Crippen molar-refractivity contribution in [3.63, 3.8) is 0 Å². The Morgan fingerprint density at radius 3 is 2.74 bits per heavy atom. The summed E-state index contributed by atoms with van der Waals surface area (Å²) in [6.07, 6.45) is 0.883. The van der Waals surface area contributed by atoms with Crippen LogP contribution in [0.5, 0.6) is 5.75 Å². The molecule has 1 aromatic heterocycles. The molecule has 126 valence electrons. The fourth-order valence-electron chi connectivity index (χ4n) is 1.95. The summed E-state index contributed by atoms with van der Waals surface area (Å²) in [6.45, 7) is 5.65. The van der Waals surface area contributed by atoms with Crippen molar-refractivity contribution < 1.29 is 13.5 Å². The molecule has 9 heteroatoms. The van der Waals surface area contributed by atoms with Crippen molar-refractivity contribution in [2.75, 3.05) is 0 Å². The van der Waals surface area contributed by atoms with Crippen molar-refractivity contribution in [1.82, 2.24) is 19.9 Å². The highest BCUT2D eigenvalue weighted by atomic mass is 35.5. The first kappa shape index (κ1) is 17.7. The van der Waals surface area contributed by atoms with E-state index in [-0.39, 0.29) is 15.8 Å². The van der Waals surface area contributed by atoms with E-state index in [1.807, 2.05) is 13.8 Å². The van der Waals surface area contributed by atoms with Crippen LogP contribution in [0.3, 0.4) is 0 Å². The highest BCUT2D eigenvalue weighted by Crippen LogP contribution is 2.31. The number of halogens is 1. The second-order valence-electron chi connectivity index (χ2n) is 5.32. The lowest BCUT2D eigenvalue weighted by molar-refractivity contribution is 0.457. The summed E-state index contributed by atoms with van der Waals surface area (Å²) in [5, 5.41) is 16.7. The second-order valence-corrected chi connectivity index (χ2v) is 7.41. The molecule has 0 aliphatic carbocycles. The van der Waals surface area contributed by atoms with E-state index in [4.69, 9.17) is 11.6 Å². The molecule has 1 aromatic carbocycles. The van der Waals surface area contributed by atoms with Crippen molar-refractivity contribution in [3.8, 4) is 5.75 Å². The zero-order chi connectivity index (χ0) is 17.2. The lowest BCUT2D eigenvalue weighted by Gasteiger charge is -2.13. The van der Waals surface area contributed by atoms with Crippen LogP contribution in [0.15, 0.2) is 23.1 Å². The Kier molecular flexibility index (Phi) is 5.28. The van der Waals surface area contributed by atoms with E-state index in [9.17, 15) is 13.5 Å². The molecule has 2 unspecified atom stereocenters. The molecule has 2 atom stereocenters.